The quantitative estimate of drug-likeness (QED) is 0.872. The maximum absolute atomic E-state index is 12.8. The van der Waals surface area contributed by atoms with Gasteiger partial charge in [0.2, 0.25) is 5.91 Å². The second-order valence-corrected chi connectivity index (χ2v) is 7.09. The monoisotopic (exact) mass is 349 g/mol. The Bertz CT molecular complexity index is 845. The smallest absolute Gasteiger partial charge is 0.253 e. The van der Waals surface area contributed by atoms with Crippen LogP contribution < -0.4 is 15.5 Å². The Labute approximate surface area is 153 Å². The highest BCUT2D eigenvalue weighted by Gasteiger charge is 2.30. The average molecular weight is 349 g/mol. The Kier molecular flexibility index (Phi) is 4.37. The predicted molar refractivity (Wildman–Crippen MR) is 103 cm³/mol. The van der Waals surface area contributed by atoms with Crippen molar-refractivity contribution < 1.29 is 9.59 Å². The normalized spacial score (nSPS) is 18.3. The molecule has 1 heterocycles. The molecular formula is C21H23N3O2. The molecular weight excluding hydrogens is 326 g/mol. The summed E-state index contributed by atoms with van der Waals surface area (Å²) in [6.45, 7) is 2.22. The van der Waals surface area contributed by atoms with Gasteiger partial charge in [-0.15, -0.1) is 0 Å². The third-order valence-corrected chi connectivity index (χ3v) is 4.99. The van der Waals surface area contributed by atoms with E-state index in [1.165, 1.54) is 5.56 Å². The standard InChI is InChI=1S/C21H23N3O2/c1-14-12-15-6-2-5-9-19(15)24(14)20(25)13-22-18-8-4-3-7-17(18)21(26)23-16-10-11-16/h2-9,14,16,22H,10-13H2,1H3,(H,23,26). The Morgan fingerprint density at radius 1 is 1.08 bits per heavy atom. The van der Waals surface area contributed by atoms with Gasteiger partial charge in [-0.1, -0.05) is 30.3 Å². The summed E-state index contributed by atoms with van der Waals surface area (Å²) < 4.78 is 0. The van der Waals surface area contributed by atoms with E-state index in [1.807, 2.05) is 41.3 Å². The van der Waals surface area contributed by atoms with E-state index < -0.39 is 0 Å². The van der Waals surface area contributed by atoms with Crippen molar-refractivity contribution in [1.29, 1.82) is 0 Å². The molecule has 1 aliphatic carbocycles. The number of rotatable bonds is 5. The molecule has 0 saturated heterocycles. The van der Waals surface area contributed by atoms with E-state index in [4.69, 9.17) is 0 Å². The lowest BCUT2D eigenvalue weighted by Gasteiger charge is -2.23. The molecule has 1 fully saturated rings. The first-order valence-electron chi connectivity index (χ1n) is 9.17. The number of amides is 2. The van der Waals surface area contributed by atoms with Gasteiger partial charge in [-0.05, 0) is 49.9 Å². The Balaban J connectivity index is 1.46. The zero-order valence-electron chi connectivity index (χ0n) is 14.9. The number of nitrogens with zero attached hydrogens (tertiary/aromatic N) is 1. The minimum atomic E-state index is -0.0806. The lowest BCUT2D eigenvalue weighted by atomic mass is 10.1. The van der Waals surface area contributed by atoms with Crippen LogP contribution >= 0.6 is 0 Å². The SMILES string of the molecule is CC1Cc2ccccc2N1C(=O)CNc1ccccc1C(=O)NC1CC1. The third kappa shape index (κ3) is 3.29. The van der Waals surface area contributed by atoms with Crippen molar-refractivity contribution in [3.63, 3.8) is 0 Å². The summed E-state index contributed by atoms with van der Waals surface area (Å²) in [4.78, 5) is 27.1. The second kappa shape index (κ2) is 6.83. The molecule has 2 aliphatic rings. The van der Waals surface area contributed by atoms with Gasteiger partial charge in [0, 0.05) is 23.5 Å². The molecule has 5 heteroatoms. The summed E-state index contributed by atoms with van der Waals surface area (Å²) in [5.41, 5.74) is 3.48. The van der Waals surface area contributed by atoms with Crippen LogP contribution in [-0.2, 0) is 11.2 Å². The third-order valence-electron chi connectivity index (χ3n) is 4.99. The number of carbonyl (C=O) groups is 2. The van der Waals surface area contributed by atoms with Gasteiger partial charge in [0.05, 0.1) is 12.1 Å². The molecule has 26 heavy (non-hydrogen) atoms. The molecule has 1 atom stereocenters. The number of anilines is 2. The first-order valence-corrected chi connectivity index (χ1v) is 9.17. The molecule has 1 saturated carbocycles. The van der Waals surface area contributed by atoms with Gasteiger partial charge in [-0.3, -0.25) is 9.59 Å². The Morgan fingerprint density at radius 2 is 1.81 bits per heavy atom. The van der Waals surface area contributed by atoms with Crippen LogP contribution in [0.2, 0.25) is 0 Å². The first-order chi connectivity index (χ1) is 12.6. The van der Waals surface area contributed by atoms with Gasteiger partial charge in [0.25, 0.3) is 5.91 Å². The zero-order chi connectivity index (χ0) is 18.1. The van der Waals surface area contributed by atoms with Crippen molar-refractivity contribution in [2.75, 3.05) is 16.8 Å². The van der Waals surface area contributed by atoms with Crippen LogP contribution in [0.5, 0.6) is 0 Å². The van der Waals surface area contributed by atoms with Crippen LogP contribution in [-0.4, -0.2) is 30.4 Å². The molecule has 2 aromatic carbocycles. The minimum Gasteiger partial charge on any atom is -0.375 e. The van der Waals surface area contributed by atoms with Gasteiger partial charge >= 0.3 is 0 Å². The van der Waals surface area contributed by atoms with E-state index in [9.17, 15) is 9.59 Å². The molecule has 2 aromatic rings. The number of hydrogen-bond donors (Lipinski definition) is 2. The van der Waals surface area contributed by atoms with Gasteiger partial charge in [0.1, 0.15) is 0 Å². The van der Waals surface area contributed by atoms with Crippen LogP contribution in [0.1, 0.15) is 35.7 Å². The number of fused-ring (bicyclic) bond motifs is 1. The highest BCUT2D eigenvalue weighted by Crippen LogP contribution is 2.31. The minimum absolute atomic E-state index is 0.0138. The Hall–Kier alpha value is -2.82. The molecule has 4 rings (SSSR count). The number of hydrogen-bond acceptors (Lipinski definition) is 3. The number of para-hydroxylation sites is 2. The van der Waals surface area contributed by atoms with Crippen LogP contribution in [0, 0.1) is 0 Å². The molecule has 0 radical (unpaired) electrons. The maximum atomic E-state index is 12.8. The molecule has 0 bridgehead atoms. The second-order valence-electron chi connectivity index (χ2n) is 7.09. The number of benzene rings is 2. The highest BCUT2D eigenvalue weighted by molar-refractivity contribution is 6.02. The largest absolute Gasteiger partial charge is 0.375 e. The molecule has 0 aromatic heterocycles. The van der Waals surface area contributed by atoms with Crippen molar-refractivity contribution in [2.45, 2.75) is 38.3 Å². The van der Waals surface area contributed by atoms with E-state index in [1.54, 1.807) is 6.07 Å². The van der Waals surface area contributed by atoms with Gasteiger partial charge < -0.3 is 15.5 Å². The van der Waals surface area contributed by atoms with E-state index in [2.05, 4.69) is 23.6 Å². The molecule has 0 spiro atoms. The fourth-order valence-electron chi connectivity index (χ4n) is 3.53. The molecule has 1 unspecified atom stereocenters. The van der Waals surface area contributed by atoms with E-state index in [0.29, 0.717) is 17.3 Å². The van der Waals surface area contributed by atoms with E-state index in [-0.39, 0.29) is 24.4 Å². The van der Waals surface area contributed by atoms with Crippen molar-refractivity contribution in [2.24, 2.45) is 0 Å². The van der Waals surface area contributed by atoms with Crippen molar-refractivity contribution in [3.05, 3.63) is 59.7 Å². The van der Waals surface area contributed by atoms with E-state index >= 15 is 0 Å². The average Bonchev–Trinajstić information content (AvgIpc) is 3.39. The lowest BCUT2D eigenvalue weighted by molar-refractivity contribution is -0.117. The summed E-state index contributed by atoms with van der Waals surface area (Å²) in [5.74, 6) is -0.0669. The fraction of sp³-hybridized carbons (Fsp3) is 0.333. The summed E-state index contributed by atoms with van der Waals surface area (Å²) in [5, 5.41) is 6.16. The zero-order valence-corrected chi connectivity index (χ0v) is 14.9. The van der Waals surface area contributed by atoms with Gasteiger partial charge in [-0.2, -0.15) is 0 Å². The Morgan fingerprint density at radius 3 is 2.62 bits per heavy atom. The summed E-state index contributed by atoms with van der Waals surface area (Å²) in [7, 11) is 0. The fourth-order valence-corrected chi connectivity index (χ4v) is 3.53. The molecule has 1 aliphatic heterocycles. The van der Waals surface area contributed by atoms with Crippen LogP contribution in [0.15, 0.2) is 48.5 Å². The summed E-state index contributed by atoms with van der Waals surface area (Å²) in [6, 6.07) is 15.8. The number of nitrogens with one attached hydrogen (secondary N) is 2. The number of carbonyl (C=O) groups excluding carboxylic acids is 2. The van der Waals surface area contributed by atoms with Crippen LogP contribution in [0.3, 0.4) is 0 Å². The molecule has 134 valence electrons. The first kappa shape index (κ1) is 16.6. The summed E-state index contributed by atoms with van der Waals surface area (Å²) >= 11 is 0. The summed E-state index contributed by atoms with van der Waals surface area (Å²) in [6.07, 6.45) is 2.97. The van der Waals surface area contributed by atoms with Crippen LogP contribution in [0.25, 0.3) is 0 Å². The maximum Gasteiger partial charge on any atom is 0.253 e. The lowest BCUT2D eigenvalue weighted by Crippen LogP contribution is -2.39. The highest BCUT2D eigenvalue weighted by atomic mass is 16.2. The van der Waals surface area contributed by atoms with Crippen molar-refractivity contribution >= 4 is 23.2 Å². The molecule has 5 nitrogen and oxygen atoms in total. The van der Waals surface area contributed by atoms with Gasteiger partial charge in [0.15, 0.2) is 0 Å². The van der Waals surface area contributed by atoms with Crippen molar-refractivity contribution in [3.8, 4) is 0 Å². The molecule has 2 N–H and O–H groups in total. The predicted octanol–water partition coefficient (Wildman–Crippen LogP) is 2.97. The topological polar surface area (TPSA) is 61.4 Å². The van der Waals surface area contributed by atoms with E-state index in [0.717, 1.165) is 24.9 Å². The van der Waals surface area contributed by atoms with Crippen molar-refractivity contribution in [1.82, 2.24) is 5.32 Å². The van der Waals surface area contributed by atoms with Crippen LogP contribution in [0.4, 0.5) is 11.4 Å². The molecule has 2 amide bonds. The van der Waals surface area contributed by atoms with Gasteiger partial charge in [-0.25, -0.2) is 0 Å².